The van der Waals surface area contributed by atoms with E-state index in [0.29, 0.717) is 5.92 Å². The Morgan fingerprint density at radius 3 is 1.91 bits per heavy atom. The highest BCUT2D eigenvalue weighted by molar-refractivity contribution is 5.29. The third-order valence-corrected chi connectivity index (χ3v) is 3.73. The van der Waals surface area contributed by atoms with Gasteiger partial charge in [0.15, 0.2) is 0 Å². The highest BCUT2D eigenvalue weighted by Gasteiger charge is 2.34. The van der Waals surface area contributed by atoms with Gasteiger partial charge in [-0.1, -0.05) is 46.8 Å². The van der Waals surface area contributed by atoms with E-state index in [0.717, 1.165) is 18.6 Å². The van der Waals surface area contributed by atoms with Crippen molar-refractivity contribution in [3.8, 4) is 5.75 Å². The molecule has 126 valence electrons. The summed E-state index contributed by atoms with van der Waals surface area (Å²) in [6.07, 6.45) is 2.12. The van der Waals surface area contributed by atoms with Gasteiger partial charge in [-0.25, -0.2) is 0 Å². The van der Waals surface area contributed by atoms with Gasteiger partial charge >= 0.3 is 0 Å². The zero-order valence-corrected chi connectivity index (χ0v) is 15.7. The van der Waals surface area contributed by atoms with Gasteiger partial charge in [-0.15, -0.1) is 0 Å². The van der Waals surface area contributed by atoms with E-state index in [2.05, 4.69) is 72.7 Å². The van der Waals surface area contributed by atoms with Gasteiger partial charge in [0.05, 0.1) is 6.10 Å². The number of ether oxygens (including phenoxy) is 2. The fourth-order valence-corrected chi connectivity index (χ4v) is 2.91. The average molecular weight is 306 g/mol. The summed E-state index contributed by atoms with van der Waals surface area (Å²) in [5, 5.41) is 0. The third kappa shape index (κ3) is 6.39. The molecule has 0 saturated heterocycles. The molecule has 0 heterocycles. The van der Waals surface area contributed by atoms with Gasteiger partial charge in [-0.2, -0.15) is 0 Å². The van der Waals surface area contributed by atoms with Crippen molar-refractivity contribution in [1.82, 2.24) is 0 Å². The Bertz CT molecular complexity index is 442. The normalized spacial score (nSPS) is 16.4. The maximum atomic E-state index is 6.23. The number of hydrogen-bond acceptors (Lipinski definition) is 2. The molecule has 0 fully saturated rings. The minimum atomic E-state index is -0.607. The van der Waals surface area contributed by atoms with Gasteiger partial charge in [0.1, 0.15) is 5.75 Å². The van der Waals surface area contributed by atoms with E-state index in [1.54, 1.807) is 0 Å². The molecule has 1 aromatic rings. The standard InChI is InChI=1S/C20H34O2/c1-9-16(4)17-10-12-18(13-11-17)22-20(8,21-15(2)3)14-19(5,6)7/h10-13,15-16H,9,14H2,1-8H3. The molecule has 2 atom stereocenters. The summed E-state index contributed by atoms with van der Waals surface area (Å²) >= 11 is 0. The predicted molar refractivity (Wildman–Crippen MR) is 94.5 cm³/mol. The molecule has 0 aliphatic carbocycles. The quantitative estimate of drug-likeness (QED) is 0.562. The minimum Gasteiger partial charge on any atom is -0.463 e. The van der Waals surface area contributed by atoms with Crippen molar-refractivity contribution in [2.24, 2.45) is 5.41 Å². The number of benzene rings is 1. The zero-order chi connectivity index (χ0) is 17.0. The van der Waals surface area contributed by atoms with Crippen LogP contribution in [0.15, 0.2) is 24.3 Å². The molecular formula is C20H34O2. The van der Waals surface area contributed by atoms with Crippen molar-refractivity contribution in [2.75, 3.05) is 0 Å². The first kappa shape index (κ1) is 19.0. The molecule has 0 aliphatic heterocycles. The van der Waals surface area contributed by atoms with Gasteiger partial charge in [-0.05, 0) is 49.3 Å². The van der Waals surface area contributed by atoms with Crippen LogP contribution in [0.25, 0.3) is 0 Å². The number of hydrogen-bond donors (Lipinski definition) is 0. The van der Waals surface area contributed by atoms with E-state index in [1.807, 2.05) is 6.92 Å². The Labute approximate surface area is 137 Å². The van der Waals surface area contributed by atoms with Gasteiger partial charge in [0.2, 0.25) is 5.79 Å². The largest absolute Gasteiger partial charge is 0.463 e. The summed E-state index contributed by atoms with van der Waals surface area (Å²) in [6.45, 7) is 17.2. The fourth-order valence-electron chi connectivity index (χ4n) is 2.91. The summed E-state index contributed by atoms with van der Waals surface area (Å²) in [5.74, 6) is 0.853. The molecule has 22 heavy (non-hydrogen) atoms. The van der Waals surface area contributed by atoms with Gasteiger partial charge in [0.25, 0.3) is 0 Å². The Morgan fingerprint density at radius 2 is 1.50 bits per heavy atom. The Morgan fingerprint density at radius 1 is 0.955 bits per heavy atom. The Kier molecular flexibility index (Phi) is 6.49. The minimum absolute atomic E-state index is 0.131. The molecule has 2 nitrogen and oxygen atoms in total. The van der Waals surface area contributed by atoms with E-state index in [-0.39, 0.29) is 11.5 Å². The van der Waals surface area contributed by atoms with Gasteiger partial charge in [0, 0.05) is 13.3 Å². The van der Waals surface area contributed by atoms with Gasteiger partial charge < -0.3 is 9.47 Å². The summed E-state index contributed by atoms with van der Waals surface area (Å²) in [5.41, 5.74) is 1.50. The molecule has 0 amide bonds. The smallest absolute Gasteiger partial charge is 0.208 e. The van der Waals surface area contributed by atoms with Crippen LogP contribution >= 0.6 is 0 Å². The lowest BCUT2D eigenvalue weighted by Crippen LogP contribution is -2.41. The molecule has 1 rings (SSSR count). The molecule has 2 heteroatoms. The monoisotopic (exact) mass is 306 g/mol. The summed E-state index contributed by atoms with van der Waals surface area (Å²) < 4.78 is 12.3. The van der Waals surface area contributed by atoms with Crippen molar-refractivity contribution in [3.63, 3.8) is 0 Å². The predicted octanol–water partition coefficient (Wildman–Crippen LogP) is 6.16. The maximum absolute atomic E-state index is 6.23. The van der Waals surface area contributed by atoms with Crippen LogP contribution in [-0.2, 0) is 4.74 Å². The lowest BCUT2D eigenvalue weighted by molar-refractivity contribution is -0.207. The summed E-state index contributed by atoms with van der Waals surface area (Å²) in [6, 6.07) is 8.45. The molecule has 0 aromatic heterocycles. The average Bonchev–Trinajstić information content (AvgIpc) is 2.34. The molecule has 0 bridgehead atoms. The van der Waals surface area contributed by atoms with Gasteiger partial charge in [-0.3, -0.25) is 0 Å². The first-order valence-corrected chi connectivity index (χ1v) is 8.51. The Balaban J connectivity index is 2.89. The van der Waals surface area contributed by atoms with Crippen LogP contribution in [-0.4, -0.2) is 11.9 Å². The molecule has 0 saturated carbocycles. The molecule has 2 unspecified atom stereocenters. The molecule has 0 spiro atoms. The highest BCUT2D eigenvalue weighted by Crippen LogP contribution is 2.33. The van der Waals surface area contributed by atoms with Crippen LogP contribution in [0.5, 0.6) is 5.75 Å². The van der Waals surface area contributed by atoms with Crippen LogP contribution in [0.3, 0.4) is 0 Å². The summed E-state index contributed by atoms with van der Waals surface area (Å²) in [7, 11) is 0. The van der Waals surface area contributed by atoms with Crippen molar-refractivity contribution in [1.29, 1.82) is 0 Å². The lowest BCUT2D eigenvalue weighted by atomic mass is 9.88. The molecule has 0 aliphatic rings. The lowest BCUT2D eigenvalue weighted by Gasteiger charge is -2.37. The third-order valence-electron chi connectivity index (χ3n) is 3.73. The van der Waals surface area contributed by atoms with Crippen LogP contribution in [0.2, 0.25) is 0 Å². The second-order valence-corrected chi connectivity index (χ2v) is 8.02. The van der Waals surface area contributed by atoms with E-state index in [1.165, 1.54) is 5.56 Å². The first-order chi connectivity index (χ1) is 10.0. The zero-order valence-electron chi connectivity index (χ0n) is 15.7. The van der Waals surface area contributed by atoms with E-state index >= 15 is 0 Å². The first-order valence-electron chi connectivity index (χ1n) is 8.51. The van der Waals surface area contributed by atoms with Crippen LogP contribution in [0.1, 0.15) is 79.7 Å². The molecular weight excluding hydrogens is 272 g/mol. The van der Waals surface area contributed by atoms with Crippen molar-refractivity contribution in [2.45, 2.75) is 86.0 Å². The van der Waals surface area contributed by atoms with Crippen molar-refractivity contribution >= 4 is 0 Å². The topological polar surface area (TPSA) is 18.5 Å². The van der Waals surface area contributed by atoms with Crippen molar-refractivity contribution in [3.05, 3.63) is 29.8 Å². The fraction of sp³-hybridized carbons (Fsp3) is 0.700. The highest BCUT2D eigenvalue weighted by atomic mass is 16.7. The number of rotatable bonds is 7. The summed E-state index contributed by atoms with van der Waals surface area (Å²) in [4.78, 5) is 0. The Hall–Kier alpha value is -1.02. The van der Waals surface area contributed by atoms with E-state index in [4.69, 9.17) is 9.47 Å². The maximum Gasteiger partial charge on any atom is 0.208 e. The molecule has 0 N–H and O–H groups in total. The molecule has 1 aromatic carbocycles. The van der Waals surface area contributed by atoms with Crippen LogP contribution in [0, 0.1) is 5.41 Å². The SMILES string of the molecule is CCC(C)c1ccc(OC(C)(CC(C)(C)C)OC(C)C)cc1. The van der Waals surface area contributed by atoms with E-state index in [9.17, 15) is 0 Å². The van der Waals surface area contributed by atoms with E-state index < -0.39 is 5.79 Å². The molecule has 0 radical (unpaired) electrons. The van der Waals surface area contributed by atoms with Crippen LogP contribution < -0.4 is 4.74 Å². The van der Waals surface area contributed by atoms with Crippen LogP contribution in [0.4, 0.5) is 0 Å². The second kappa shape index (κ2) is 7.50. The second-order valence-electron chi connectivity index (χ2n) is 8.02. The van der Waals surface area contributed by atoms with Crippen molar-refractivity contribution < 1.29 is 9.47 Å².